The average molecular weight is 431 g/mol. The van der Waals surface area contributed by atoms with Crippen LogP contribution in [0.4, 0.5) is 0 Å². The van der Waals surface area contributed by atoms with Crippen LogP contribution < -0.4 is 4.72 Å². The van der Waals surface area contributed by atoms with Gasteiger partial charge in [0.1, 0.15) is 9.84 Å². The number of hydrogen-bond acceptors (Lipinski definition) is 5. The number of nitrogens with zero attached hydrogens (tertiary/aromatic N) is 1. The lowest BCUT2D eigenvalue weighted by molar-refractivity contribution is -0.133. The van der Waals surface area contributed by atoms with E-state index in [-0.39, 0.29) is 10.8 Å². The van der Waals surface area contributed by atoms with E-state index in [1.165, 1.54) is 18.1 Å². The highest BCUT2D eigenvalue weighted by molar-refractivity contribution is 7.91. The second-order valence-electron chi connectivity index (χ2n) is 7.79. The van der Waals surface area contributed by atoms with Crippen molar-refractivity contribution < 1.29 is 21.6 Å². The van der Waals surface area contributed by atoms with E-state index in [4.69, 9.17) is 0 Å². The summed E-state index contributed by atoms with van der Waals surface area (Å²) < 4.78 is 51.8. The number of nitrogens with one attached hydrogen (secondary N) is 1. The number of amides is 1. The van der Waals surface area contributed by atoms with E-state index < -0.39 is 31.2 Å². The molecule has 0 radical (unpaired) electrons. The zero-order valence-electron chi connectivity index (χ0n) is 17.4. The maximum Gasteiger partial charge on any atom is 0.241 e. The van der Waals surface area contributed by atoms with Crippen LogP contribution in [0.5, 0.6) is 0 Å². The number of piperidine rings is 1. The summed E-state index contributed by atoms with van der Waals surface area (Å²) in [4.78, 5) is 14.5. The van der Waals surface area contributed by atoms with Gasteiger partial charge in [-0.15, -0.1) is 0 Å². The summed E-state index contributed by atoms with van der Waals surface area (Å²) in [5.41, 5.74) is 3.10. The molecule has 1 aromatic carbocycles. The Morgan fingerprint density at radius 2 is 1.50 bits per heavy atom. The molecular formula is C19H30N2O5S2. The molecule has 7 nitrogen and oxygen atoms in total. The van der Waals surface area contributed by atoms with Gasteiger partial charge in [0.2, 0.25) is 15.9 Å². The van der Waals surface area contributed by atoms with Crippen LogP contribution >= 0.6 is 0 Å². The summed E-state index contributed by atoms with van der Waals surface area (Å²) in [6.45, 7) is 9.39. The standard InChI is InChI=1S/C19H30N2O5S2/c1-12-11-13(2)15(4)18(14(12)3)28(25,26)20-16(5)19(22)21-9-7-17(8-10-21)27(6,23)24/h11,16-17,20H,7-10H2,1-6H3. The van der Waals surface area contributed by atoms with Crippen LogP contribution in [0.3, 0.4) is 0 Å². The van der Waals surface area contributed by atoms with Gasteiger partial charge in [-0.05, 0) is 69.7 Å². The number of carbonyl (C=O) groups excluding carboxylic acids is 1. The summed E-state index contributed by atoms with van der Waals surface area (Å²) >= 11 is 0. The normalized spacial score (nSPS) is 17.6. The number of likely N-dealkylation sites (tertiary alicyclic amines) is 1. The fourth-order valence-corrected chi connectivity index (χ4v) is 6.58. The first-order valence-corrected chi connectivity index (χ1v) is 12.8. The monoisotopic (exact) mass is 430 g/mol. The first kappa shape index (κ1) is 22.8. The van der Waals surface area contributed by atoms with Gasteiger partial charge in [-0.3, -0.25) is 4.79 Å². The number of benzene rings is 1. The predicted octanol–water partition coefficient (Wildman–Crippen LogP) is 1.62. The molecule has 1 aliphatic rings. The molecule has 158 valence electrons. The Bertz CT molecular complexity index is 950. The highest BCUT2D eigenvalue weighted by Crippen LogP contribution is 2.26. The highest BCUT2D eigenvalue weighted by Gasteiger charge is 2.32. The summed E-state index contributed by atoms with van der Waals surface area (Å²) in [6, 6.07) is 1.02. The molecule has 1 N–H and O–H groups in total. The van der Waals surface area contributed by atoms with Crippen molar-refractivity contribution in [3.8, 4) is 0 Å². The van der Waals surface area contributed by atoms with Crippen molar-refractivity contribution in [2.45, 2.75) is 63.6 Å². The van der Waals surface area contributed by atoms with Crippen LogP contribution in [-0.4, -0.2) is 58.3 Å². The molecule has 1 fully saturated rings. The predicted molar refractivity (Wildman–Crippen MR) is 110 cm³/mol. The van der Waals surface area contributed by atoms with E-state index in [1.54, 1.807) is 13.8 Å². The van der Waals surface area contributed by atoms with E-state index in [9.17, 15) is 21.6 Å². The Labute approximate surface area is 168 Å². The second-order valence-corrected chi connectivity index (χ2v) is 11.8. The summed E-state index contributed by atoms with van der Waals surface area (Å²) in [7, 11) is -7.00. The third kappa shape index (κ3) is 4.75. The third-order valence-electron chi connectivity index (χ3n) is 5.63. The number of aryl methyl sites for hydroxylation is 2. The Balaban J connectivity index is 2.17. The molecule has 0 aromatic heterocycles. The first-order valence-electron chi connectivity index (χ1n) is 9.33. The lowest BCUT2D eigenvalue weighted by atomic mass is 10.0. The minimum absolute atomic E-state index is 0.223. The molecule has 0 bridgehead atoms. The summed E-state index contributed by atoms with van der Waals surface area (Å²) in [6.07, 6.45) is 1.96. The van der Waals surface area contributed by atoms with Gasteiger partial charge in [0, 0.05) is 19.3 Å². The molecule has 28 heavy (non-hydrogen) atoms. The van der Waals surface area contributed by atoms with Gasteiger partial charge >= 0.3 is 0 Å². The van der Waals surface area contributed by atoms with Crippen LogP contribution in [0.25, 0.3) is 0 Å². The van der Waals surface area contributed by atoms with E-state index in [0.29, 0.717) is 37.1 Å². The second kappa shape index (κ2) is 8.12. The van der Waals surface area contributed by atoms with Gasteiger partial charge in [-0.2, -0.15) is 4.72 Å². The topological polar surface area (TPSA) is 101 Å². The number of sulfone groups is 1. The maximum absolute atomic E-state index is 13.0. The summed E-state index contributed by atoms with van der Waals surface area (Å²) in [5.74, 6) is -0.338. The van der Waals surface area contributed by atoms with Gasteiger partial charge in [-0.25, -0.2) is 16.8 Å². The van der Waals surface area contributed by atoms with Crippen LogP contribution in [-0.2, 0) is 24.7 Å². The van der Waals surface area contributed by atoms with Crippen molar-refractivity contribution in [3.05, 3.63) is 28.3 Å². The minimum Gasteiger partial charge on any atom is -0.341 e. The molecule has 1 unspecified atom stereocenters. The Morgan fingerprint density at radius 1 is 1.04 bits per heavy atom. The molecule has 1 atom stereocenters. The van der Waals surface area contributed by atoms with Gasteiger partial charge in [0.05, 0.1) is 16.2 Å². The van der Waals surface area contributed by atoms with Crippen LogP contribution in [0, 0.1) is 27.7 Å². The van der Waals surface area contributed by atoms with Crippen molar-refractivity contribution in [2.24, 2.45) is 0 Å². The third-order valence-corrected chi connectivity index (χ3v) is 9.12. The molecule has 1 saturated heterocycles. The lowest BCUT2D eigenvalue weighted by Crippen LogP contribution is -2.50. The smallest absolute Gasteiger partial charge is 0.241 e. The Hall–Kier alpha value is -1.45. The molecule has 0 aliphatic carbocycles. The van der Waals surface area contributed by atoms with Crippen molar-refractivity contribution in [1.82, 2.24) is 9.62 Å². The number of carbonyl (C=O) groups is 1. The first-order chi connectivity index (χ1) is 12.8. The molecular weight excluding hydrogens is 400 g/mol. The van der Waals surface area contributed by atoms with E-state index >= 15 is 0 Å². The molecule has 1 aromatic rings. The van der Waals surface area contributed by atoms with Crippen LogP contribution in [0.15, 0.2) is 11.0 Å². The highest BCUT2D eigenvalue weighted by atomic mass is 32.2. The largest absolute Gasteiger partial charge is 0.341 e. The van der Waals surface area contributed by atoms with Gasteiger partial charge in [-0.1, -0.05) is 6.07 Å². The molecule has 0 saturated carbocycles. The molecule has 1 aliphatic heterocycles. The lowest BCUT2D eigenvalue weighted by Gasteiger charge is -2.33. The van der Waals surface area contributed by atoms with E-state index in [0.717, 1.165) is 11.1 Å². The minimum atomic E-state index is -3.88. The molecule has 1 amide bonds. The van der Waals surface area contributed by atoms with Crippen molar-refractivity contribution in [1.29, 1.82) is 0 Å². The van der Waals surface area contributed by atoms with E-state index in [2.05, 4.69) is 4.72 Å². The zero-order chi connectivity index (χ0) is 21.4. The van der Waals surface area contributed by atoms with Crippen molar-refractivity contribution >= 4 is 25.8 Å². The van der Waals surface area contributed by atoms with Crippen LogP contribution in [0.1, 0.15) is 42.0 Å². The average Bonchev–Trinajstić information content (AvgIpc) is 2.58. The number of hydrogen-bond donors (Lipinski definition) is 1. The molecule has 9 heteroatoms. The number of sulfonamides is 1. The molecule has 2 rings (SSSR count). The molecule has 0 spiro atoms. The Kier molecular flexibility index (Phi) is 6.62. The van der Waals surface area contributed by atoms with E-state index in [1.807, 2.05) is 19.9 Å². The van der Waals surface area contributed by atoms with Gasteiger partial charge in [0.15, 0.2) is 0 Å². The van der Waals surface area contributed by atoms with Crippen molar-refractivity contribution in [2.75, 3.05) is 19.3 Å². The van der Waals surface area contributed by atoms with Crippen molar-refractivity contribution in [3.63, 3.8) is 0 Å². The Morgan fingerprint density at radius 3 is 1.93 bits per heavy atom. The SMILES string of the molecule is Cc1cc(C)c(C)c(S(=O)(=O)NC(C)C(=O)N2CCC(S(C)(=O)=O)CC2)c1C. The maximum atomic E-state index is 13.0. The van der Waals surface area contributed by atoms with Gasteiger partial charge in [0.25, 0.3) is 0 Å². The quantitative estimate of drug-likeness (QED) is 0.765. The fourth-order valence-electron chi connectivity index (χ4n) is 3.70. The number of rotatable bonds is 5. The molecule has 1 heterocycles. The van der Waals surface area contributed by atoms with Gasteiger partial charge < -0.3 is 4.90 Å². The van der Waals surface area contributed by atoms with Crippen LogP contribution in [0.2, 0.25) is 0 Å². The fraction of sp³-hybridized carbons (Fsp3) is 0.632. The summed E-state index contributed by atoms with van der Waals surface area (Å²) in [5, 5.41) is -0.441. The zero-order valence-corrected chi connectivity index (χ0v) is 19.0.